The molecule has 3 aromatic rings. The maximum atomic E-state index is 13.6. The van der Waals surface area contributed by atoms with Crippen LogP contribution in [0.3, 0.4) is 0 Å². The van der Waals surface area contributed by atoms with Gasteiger partial charge in [0.25, 0.3) is 5.91 Å². The van der Waals surface area contributed by atoms with Gasteiger partial charge in [-0.05, 0) is 11.6 Å². The first-order chi connectivity index (χ1) is 10.6. The van der Waals surface area contributed by atoms with Crippen molar-refractivity contribution in [2.45, 2.75) is 6.42 Å². The summed E-state index contributed by atoms with van der Waals surface area (Å²) in [5.74, 6) is -0.503. The van der Waals surface area contributed by atoms with E-state index in [2.05, 4.69) is 15.4 Å². The molecule has 0 aliphatic carbocycles. The second-order valence-corrected chi connectivity index (χ2v) is 5.87. The van der Waals surface area contributed by atoms with Crippen molar-refractivity contribution in [2.24, 2.45) is 7.05 Å². The van der Waals surface area contributed by atoms with E-state index in [4.69, 9.17) is 0 Å². The van der Waals surface area contributed by atoms with Crippen molar-refractivity contribution in [1.29, 1.82) is 0 Å². The molecule has 0 spiro atoms. The summed E-state index contributed by atoms with van der Waals surface area (Å²) in [4.78, 5) is 17.0. The van der Waals surface area contributed by atoms with Gasteiger partial charge in [-0.2, -0.15) is 5.10 Å². The van der Waals surface area contributed by atoms with Gasteiger partial charge in [0, 0.05) is 30.7 Å². The zero-order chi connectivity index (χ0) is 15.5. The summed E-state index contributed by atoms with van der Waals surface area (Å²) in [5.41, 5.74) is 1.07. The molecule has 1 aromatic carbocycles. The van der Waals surface area contributed by atoms with Crippen molar-refractivity contribution in [2.75, 3.05) is 5.32 Å². The maximum absolute atomic E-state index is 13.6. The fourth-order valence-electron chi connectivity index (χ4n) is 1.98. The molecule has 0 aliphatic rings. The lowest BCUT2D eigenvalue weighted by molar-refractivity contribution is 0.102. The molecule has 1 amide bonds. The minimum Gasteiger partial charge on any atom is -0.298 e. The molecule has 2 heterocycles. The van der Waals surface area contributed by atoms with Gasteiger partial charge in [-0.3, -0.25) is 14.8 Å². The summed E-state index contributed by atoms with van der Waals surface area (Å²) in [6, 6.07) is 6.62. The number of carbonyl (C=O) groups excluding carboxylic acids is 1. The number of anilines is 1. The SMILES string of the molecule is Cn1cc(C(=O)Nc2ncc(Cc3ccccc3F)s2)cn1. The number of carbonyl (C=O) groups is 1. The van der Waals surface area contributed by atoms with Crippen LogP contribution in [0.25, 0.3) is 0 Å². The molecule has 0 fully saturated rings. The van der Waals surface area contributed by atoms with Crippen LogP contribution in [0.15, 0.2) is 42.9 Å². The highest BCUT2D eigenvalue weighted by molar-refractivity contribution is 7.15. The van der Waals surface area contributed by atoms with Crippen molar-refractivity contribution >= 4 is 22.4 Å². The Morgan fingerprint density at radius 1 is 1.36 bits per heavy atom. The van der Waals surface area contributed by atoms with E-state index >= 15 is 0 Å². The smallest absolute Gasteiger partial charge is 0.260 e. The third-order valence-corrected chi connectivity index (χ3v) is 3.98. The fourth-order valence-corrected chi connectivity index (χ4v) is 2.81. The van der Waals surface area contributed by atoms with Gasteiger partial charge in [0.1, 0.15) is 5.82 Å². The van der Waals surface area contributed by atoms with Gasteiger partial charge in [0.05, 0.1) is 11.8 Å². The van der Waals surface area contributed by atoms with E-state index < -0.39 is 0 Å². The third kappa shape index (κ3) is 3.20. The maximum Gasteiger partial charge on any atom is 0.260 e. The molecule has 0 aliphatic heterocycles. The largest absolute Gasteiger partial charge is 0.298 e. The minimum absolute atomic E-state index is 0.239. The Labute approximate surface area is 130 Å². The number of hydrogen-bond acceptors (Lipinski definition) is 4. The van der Waals surface area contributed by atoms with Crippen LogP contribution < -0.4 is 5.32 Å². The number of nitrogens with one attached hydrogen (secondary N) is 1. The lowest BCUT2D eigenvalue weighted by Crippen LogP contribution is -2.10. The van der Waals surface area contributed by atoms with Gasteiger partial charge in [-0.15, -0.1) is 11.3 Å². The number of benzene rings is 1. The van der Waals surface area contributed by atoms with Crippen molar-refractivity contribution in [3.05, 3.63) is 64.7 Å². The number of hydrogen-bond donors (Lipinski definition) is 1. The van der Waals surface area contributed by atoms with Gasteiger partial charge in [-0.1, -0.05) is 18.2 Å². The van der Waals surface area contributed by atoms with Crippen LogP contribution in [-0.4, -0.2) is 20.7 Å². The minimum atomic E-state index is -0.264. The molecule has 0 saturated carbocycles. The molecule has 5 nitrogen and oxygen atoms in total. The summed E-state index contributed by atoms with van der Waals surface area (Å²) < 4.78 is 15.2. The van der Waals surface area contributed by atoms with Gasteiger partial charge < -0.3 is 0 Å². The highest BCUT2D eigenvalue weighted by Gasteiger charge is 2.11. The summed E-state index contributed by atoms with van der Waals surface area (Å²) in [6.07, 6.45) is 5.22. The van der Waals surface area contributed by atoms with E-state index in [1.54, 1.807) is 42.3 Å². The molecule has 22 heavy (non-hydrogen) atoms. The van der Waals surface area contributed by atoms with Crippen LogP contribution in [0.2, 0.25) is 0 Å². The normalized spacial score (nSPS) is 10.6. The highest BCUT2D eigenvalue weighted by atomic mass is 32.1. The van der Waals surface area contributed by atoms with Crippen LogP contribution in [0.5, 0.6) is 0 Å². The van der Waals surface area contributed by atoms with Gasteiger partial charge in [-0.25, -0.2) is 9.37 Å². The fraction of sp³-hybridized carbons (Fsp3) is 0.133. The monoisotopic (exact) mass is 316 g/mol. The van der Waals surface area contributed by atoms with Crippen molar-refractivity contribution in [3.63, 3.8) is 0 Å². The zero-order valence-electron chi connectivity index (χ0n) is 11.8. The summed E-state index contributed by atoms with van der Waals surface area (Å²) >= 11 is 1.33. The summed E-state index contributed by atoms with van der Waals surface area (Å²) in [6.45, 7) is 0. The number of rotatable bonds is 4. The number of halogens is 1. The Balaban J connectivity index is 1.69. The summed E-state index contributed by atoms with van der Waals surface area (Å²) in [7, 11) is 1.74. The molecule has 0 radical (unpaired) electrons. The van der Waals surface area contributed by atoms with Crippen LogP contribution >= 0.6 is 11.3 Å². The van der Waals surface area contributed by atoms with Crippen molar-refractivity contribution in [1.82, 2.24) is 14.8 Å². The quantitative estimate of drug-likeness (QED) is 0.805. The molecule has 0 unspecified atom stereocenters. The van der Waals surface area contributed by atoms with Crippen LogP contribution in [0.1, 0.15) is 20.8 Å². The molecule has 0 atom stereocenters. The first-order valence-electron chi connectivity index (χ1n) is 6.60. The van der Waals surface area contributed by atoms with Crippen LogP contribution in [0.4, 0.5) is 9.52 Å². The Kier molecular flexibility index (Phi) is 3.97. The Morgan fingerprint density at radius 2 is 2.18 bits per heavy atom. The lowest BCUT2D eigenvalue weighted by atomic mass is 10.1. The first-order valence-corrected chi connectivity index (χ1v) is 7.41. The van der Waals surface area contributed by atoms with Crippen LogP contribution in [0, 0.1) is 5.82 Å². The van der Waals surface area contributed by atoms with E-state index in [-0.39, 0.29) is 11.7 Å². The molecule has 0 bridgehead atoms. The second kappa shape index (κ2) is 6.07. The predicted molar refractivity (Wildman–Crippen MR) is 82.5 cm³/mol. The number of aryl methyl sites for hydroxylation is 1. The first kappa shape index (κ1) is 14.4. The number of amides is 1. The third-order valence-electron chi connectivity index (χ3n) is 3.06. The standard InChI is InChI=1S/C15H13FN4OS/c1-20-9-11(7-18-20)14(21)19-15-17-8-12(22-15)6-10-4-2-3-5-13(10)16/h2-5,7-9H,6H2,1H3,(H,17,19,21). The Hall–Kier alpha value is -2.54. The van der Waals surface area contributed by atoms with Crippen molar-refractivity contribution < 1.29 is 9.18 Å². The molecule has 2 aromatic heterocycles. The average Bonchev–Trinajstić information content (AvgIpc) is 3.11. The average molecular weight is 316 g/mol. The molecular formula is C15H13FN4OS. The summed E-state index contributed by atoms with van der Waals surface area (Å²) in [5, 5.41) is 7.15. The molecule has 3 rings (SSSR count). The zero-order valence-corrected chi connectivity index (χ0v) is 12.6. The van der Waals surface area contributed by atoms with Gasteiger partial charge >= 0.3 is 0 Å². The van der Waals surface area contributed by atoms with E-state index in [0.29, 0.717) is 22.7 Å². The van der Waals surface area contributed by atoms with Gasteiger partial charge in [0.15, 0.2) is 5.13 Å². The number of thiazole rings is 1. The van der Waals surface area contributed by atoms with Crippen molar-refractivity contribution in [3.8, 4) is 0 Å². The molecular weight excluding hydrogens is 303 g/mol. The second-order valence-electron chi connectivity index (χ2n) is 4.76. The molecule has 7 heteroatoms. The topological polar surface area (TPSA) is 59.8 Å². The Morgan fingerprint density at radius 3 is 2.91 bits per heavy atom. The number of nitrogens with zero attached hydrogens (tertiary/aromatic N) is 3. The van der Waals surface area contributed by atoms with Crippen LogP contribution in [-0.2, 0) is 13.5 Å². The number of aromatic nitrogens is 3. The predicted octanol–water partition coefficient (Wildman–Crippen LogP) is 2.86. The van der Waals surface area contributed by atoms with E-state index in [1.807, 2.05) is 0 Å². The highest BCUT2D eigenvalue weighted by Crippen LogP contribution is 2.22. The van der Waals surface area contributed by atoms with E-state index in [0.717, 1.165) is 4.88 Å². The molecule has 112 valence electrons. The molecule has 1 N–H and O–H groups in total. The molecule has 0 saturated heterocycles. The van der Waals surface area contributed by atoms with E-state index in [9.17, 15) is 9.18 Å². The van der Waals surface area contributed by atoms with E-state index in [1.165, 1.54) is 23.6 Å². The lowest BCUT2D eigenvalue weighted by Gasteiger charge is -2.00. The van der Waals surface area contributed by atoms with Gasteiger partial charge in [0.2, 0.25) is 0 Å². The Bertz CT molecular complexity index is 811.